The number of benzene rings is 9. The van der Waals surface area contributed by atoms with Gasteiger partial charge in [0.1, 0.15) is 0 Å². The maximum Gasteiger partial charge on any atom is 0.165 e. The third kappa shape index (κ3) is 5.95. The lowest BCUT2D eigenvalue weighted by Crippen LogP contribution is -2.00. The minimum Gasteiger partial charge on any atom is -0.208 e. The van der Waals surface area contributed by atoms with Gasteiger partial charge in [-0.1, -0.05) is 176 Å². The van der Waals surface area contributed by atoms with E-state index in [-0.39, 0.29) is 0 Å². The maximum atomic E-state index is 5.15. The second-order valence-electron chi connectivity index (χ2n) is 14.4. The summed E-state index contributed by atoms with van der Waals surface area (Å²) in [6, 6.07) is 71.2. The highest BCUT2D eigenvalue weighted by atomic mass is 32.1. The monoisotopic (exact) mass is 743 g/mol. The van der Waals surface area contributed by atoms with Crippen molar-refractivity contribution in [2.45, 2.75) is 0 Å². The zero-order valence-electron chi connectivity index (χ0n) is 30.8. The van der Waals surface area contributed by atoms with E-state index in [2.05, 4.69) is 182 Å². The van der Waals surface area contributed by atoms with Crippen LogP contribution in [0.25, 0.3) is 109 Å². The van der Waals surface area contributed by atoms with Crippen LogP contribution < -0.4 is 0 Å². The molecule has 0 radical (unpaired) electrons. The van der Waals surface area contributed by atoms with Crippen LogP contribution in [0.15, 0.2) is 200 Å². The molecule has 3 nitrogen and oxygen atoms in total. The Kier molecular flexibility index (Phi) is 8.01. The quantitative estimate of drug-likeness (QED) is 0.159. The second kappa shape index (κ2) is 13.8. The number of rotatable bonds is 6. The van der Waals surface area contributed by atoms with Gasteiger partial charge in [0.15, 0.2) is 17.5 Å². The van der Waals surface area contributed by atoms with Gasteiger partial charge < -0.3 is 0 Å². The summed E-state index contributed by atoms with van der Waals surface area (Å²) in [6.07, 6.45) is 0. The molecule has 9 aromatic carbocycles. The molecule has 11 aromatic rings. The Morgan fingerprint density at radius 3 is 1.53 bits per heavy atom. The van der Waals surface area contributed by atoms with Crippen molar-refractivity contribution >= 4 is 53.1 Å². The number of hydrogen-bond acceptors (Lipinski definition) is 4. The van der Waals surface area contributed by atoms with Gasteiger partial charge in [-0.2, -0.15) is 0 Å². The highest BCUT2D eigenvalue weighted by molar-refractivity contribution is 7.26. The van der Waals surface area contributed by atoms with Gasteiger partial charge in [-0.15, -0.1) is 11.3 Å². The highest BCUT2D eigenvalue weighted by Gasteiger charge is 2.17. The number of hydrogen-bond donors (Lipinski definition) is 0. The molecule has 57 heavy (non-hydrogen) atoms. The lowest BCUT2D eigenvalue weighted by atomic mass is 9.91. The number of nitrogens with zero attached hydrogens (tertiary/aromatic N) is 3. The third-order valence-corrected chi connectivity index (χ3v) is 12.2. The molecule has 0 N–H and O–H groups in total. The van der Waals surface area contributed by atoms with Crippen LogP contribution in [0.3, 0.4) is 0 Å². The van der Waals surface area contributed by atoms with Crippen LogP contribution in [0.1, 0.15) is 0 Å². The molecule has 0 saturated heterocycles. The summed E-state index contributed by atoms with van der Waals surface area (Å²) in [5, 5.41) is 7.39. The predicted octanol–water partition coefficient (Wildman–Crippen LogP) is 14.5. The first-order valence-corrected chi connectivity index (χ1v) is 20.0. The Hall–Kier alpha value is -7.27. The molecule has 0 aliphatic rings. The summed E-state index contributed by atoms with van der Waals surface area (Å²) in [4.78, 5) is 15.3. The van der Waals surface area contributed by atoms with Crippen molar-refractivity contribution in [3.63, 3.8) is 0 Å². The van der Waals surface area contributed by atoms with Crippen LogP contribution in [0.5, 0.6) is 0 Å². The van der Waals surface area contributed by atoms with E-state index < -0.39 is 0 Å². The molecule has 11 rings (SSSR count). The summed E-state index contributed by atoms with van der Waals surface area (Å²) >= 11 is 1.79. The van der Waals surface area contributed by atoms with Crippen LogP contribution in [0, 0.1) is 0 Å². The smallest absolute Gasteiger partial charge is 0.165 e. The van der Waals surface area contributed by atoms with Crippen molar-refractivity contribution in [2.24, 2.45) is 0 Å². The summed E-state index contributed by atoms with van der Waals surface area (Å²) < 4.78 is 2.44. The van der Waals surface area contributed by atoms with Gasteiger partial charge in [-0.25, -0.2) is 15.0 Å². The minimum atomic E-state index is 0.649. The SMILES string of the molecule is c1ccc(-c2ccc(-c3ccc4cc(-c5ccc(-c6nc(-c7ccccc7)nc(-c7cccc8c7sc7ccccc78)n6)cc5)c5ccccc5c4c3)cc2)cc1. The summed E-state index contributed by atoms with van der Waals surface area (Å²) in [5.41, 5.74) is 10.1. The van der Waals surface area contributed by atoms with Crippen LogP contribution >= 0.6 is 11.3 Å². The Balaban J connectivity index is 0.985. The first kappa shape index (κ1) is 33.1. The number of fused-ring (bicyclic) bond motifs is 6. The van der Waals surface area contributed by atoms with E-state index in [1.165, 1.54) is 69.5 Å². The Labute approximate surface area is 334 Å². The standard InChI is InChI=1S/C53H33N3S/c1-3-12-34(13-4-1)35-22-24-36(25-23-35)40-30-31-41-33-47(42-16-7-8-17-43(42)48(41)32-40)37-26-28-39(29-27-37)52-54-51(38-14-5-2-6-15-38)55-53(56-52)46-20-11-19-45-44-18-9-10-21-49(44)57-50(45)46/h1-33H. The largest absolute Gasteiger partial charge is 0.208 e. The van der Waals surface area contributed by atoms with Gasteiger partial charge in [-0.3, -0.25) is 0 Å². The molecule has 0 fully saturated rings. The molecule has 0 atom stereocenters. The summed E-state index contributed by atoms with van der Waals surface area (Å²) in [7, 11) is 0. The zero-order chi connectivity index (χ0) is 37.7. The van der Waals surface area contributed by atoms with E-state index in [9.17, 15) is 0 Å². The fraction of sp³-hybridized carbons (Fsp3) is 0. The fourth-order valence-electron chi connectivity index (χ4n) is 8.07. The van der Waals surface area contributed by atoms with Gasteiger partial charge in [0, 0.05) is 36.9 Å². The summed E-state index contributed by atoms with van der Waals surface area (Å²) in [6.45, 7) is 0. The maximum absolute atomic E-state index is 5.15. The van der Waals surface area contributed by atoms with Crippen molar-refractivity contribution < 1.29 is 0 Å². The Bertz CT molecular complexity index is 3260. The van der Waals surface area contributed by atoms with E-state index in [0.29, 0.717) is 17.5 Å². The molecular formula is C53H33N3S. The predicted molar refractivity (Wildman–Crippen MR) is 240 cm³/mol. The van der Waals surface area contributed by atoms with Gasteiger partial charge >= 0.3 is 0 Å². The molecule has 2 heterocycles. The highest BCUT2D eigenvalue weighted by Crippen LogP contribution is 2.41. The molecule has 266 valence electrons. The lowest BCUT2D eigenvalue weighted by molar-refractivity contribution is 1.08. The van der Waals surface area contributed by atoms with Crippen LogP contribution in [-0.2, 0) is 0 Å². The van der Waals surface area contributed by atoms with E-state index >= 15 is 0 Å². The lowest BCUT2D eigenvalue weighted by Gasteiger charge is -2.13. The molecule has 0 bridgehead atoms. The second-order valence-corrected chi connectivity index (χ2v) is 15.4. The Morgan fingerprint density at radius 1 is 0.281 bits per heavy atom. The Morgan fingerprint density at radius 2 is 0.789 bits per heavy atom. The average molecular weight is 744 g/mol. The van der Waals surface area contributed by atoms with Crippen molar-refractivity contribution in [1.82, 2.24) is 15.0 Å². The third-order valence-electron chi connectivity index (χ3n) is 11.0. The van der Waals surface area contributed by atoms with Gasteiger partial charge in [0.2, 0.25) is 0 Å². The van der Waals surface area contributed by atoms with Crippen LogP contribution in [0.4, 0.5) is 0 Å². The normalized spacial score (nSPS) is 11.5. The van der Waals surface area contributed by atoms with Crippen molar-refractivity contribution in [2.75, 3.05) is 0 Å². The molecule has 0 spiro atoms. The first-order chi connectivity index (χ1) is 28.2. The zero-order valence-corrected chi connectivity index (χ0v) is 31.6. The van der Waals surface area contributed by atoms with Gasteiger partial charge in [0.25, 0.3) is 0 Å². The number of thiophene rings is 1. The van der Waals surface area contributed by atoms with Crippen molar-refractivity contribution in [3.05, 3.63) is 200 Å². The van der Waals surface area contributed by atoms with Crippen molar-refractivity contribution in [3.8, 4) is 67.5 Å². The molecule has 0 aliphatic carbocycles. The fourth-order valence-corrected chi connectivity index (χ4v) is 9.28. The molecule has 0 aliphatic heterocycles. The molecule has 0 amide bonds. The number of aromatic nitrogens is 3. The van der Waals surface area contributed by atoms with Gasteiger partial charge in [0.05, 0.1) is 0 Å². The van der Waals surface area contributed by atoms with E-state index in [1.807, 2.05) is 18.2 Å². The van der Waals surface area contributed by atoms with Crippen LogP contribution in [-0.4, -0.2) is 15.0 Å². The van der Waals surface area contributed by atoms with Gasteiger partial charge in [-0.05, 0) is 79.2 Å². The molecular weight excluding hydrogens is 711 g/mol. The topological polar surface area (TPSA) is 38.7 Å². The molecule has 0 saturated carbocycles. The van der Waals surface area contributed by atoms with E-state index in [4.69, 9.17) is 15.0 Å². The minimum absolute atomic E-state index is 0.649. The first-order valence-electron chi connectivity index (χ1n) is 19.2. The molecule has 0 unspecified atom stereocenters. The van der Waals surface area contributed by atoms with E-state index in [0.717, 1.165) is 22.3 Å². The summed E-state index contributed by atoms with van der Waals surface area (Å²) in [5.74, 6) is 1.98. The van der Waals surface area contributed by atoms with Crippen molar-refractivity contribution in [1.29, 1.82) is 0 Å². The molecule has 2 aromatic heterocycles. The van der Waals surface area contributed by atoms with Crippen LogP contribution in [0.2, 0.25) is 0 Å². The average Bonchev–Trinajstić information content (AvgIpc) is 3.68. The van der Waals surface area contributed by atoms with E-state index in [1.54, 1.807) is 11.3 Å². The molecule has 4 heteroatoms.